The zero-order chi connectivity index (χ0) is 14.5. The van der Waals surface area contributed by atoms with Crippen LogP contribution >= 0.6 is 23.1 Å². The minimum absolute atomic E-state index is 0.0387. The Morgan fingerprint density at radius 2 is 2.15 bits per heavy atom. The number of nitrogens with one attached hydrogen (secondary N) is 2. The summed E-state index contributed by atoms with van der Waals surface area (Å²) in [5.41, 5.74) is 3.11. The SMILES string of the molecule is CNc1nnc(SCC(=O)Nc2ccc(C)cc2C)s1. The van der Waals surface area contributed by atoms with Crippen LogP contribution in [0.5, 0.6) is 0 Å². The molecule has 2 aromatic rings. The van der Waals surface area contributed by atoms with Crippen molar-refractivity contribution in [1.82, 2.24) is 10.2 Å². The fraction of sp³-hybridized carbons (Fsp3) is 0.308. The zero-order valence-electron chi connectivity index (χ0n) is 11.6. The normalized spacial score (nSPS) is 10.3. The fourth-order valence-electron chi connectivity index (χ4n) is 1.64. The molecule has 0 bridgehead atoms. The van der Waals surface area contributed by atoms with Gasteiger partial charge < -0.3 is 10.6 Å². The Labute approximate surface area is 126 Å². The molecule has 106 valence electrons. The zero-order valence-corrected chi connectivity index (χ0v) is 13.2. The molecule has 20 heavy (non-hydrogen) atoms. The first-order valence-electron chi connectivity index (χ1n) is 6.09. The highest BCUT2D eigenvalue weighted by atomic mass is 32.2. The van der Waals surface area contributed by atoms with Gasteiger partial charge in [-0.3, -0.25) is 4.79 Å². The summed E-state index contributed by atoms with van der Waals surface area (Å²) in [5, 5.41) is 14.5. The van der Waals surface area contributed by atoms with Crippen molar-refractivity contribution in [2.24, 2.45) is 0 Å². The van der Waals surface area contributed by atoms with Gasteiger partial charge in [0.05, 0.1) is 5.75 Å². The molecule has 5 nitrogen and oxygen atoms in total. The number of thioether (sulfide) groups is 1. The molecule has 0 saturated carbocycles. The first kappa shape index (κ1) is 14.8. The molecule has 1 heterocycles. The van der Waals surface area contributed by atoms with E-state index in [2.05, 4.69) is 20.8 Å². The monoisotopic (exact) mass is 308 g/mol. The van der Waals surface area contributed by atoms with Crippen molar-refractivity contribution in [3.63, 3.8) is 0 Å². The number of carbonyl (C=O) groups is 1. The van der Waals surface area contributed by atoms with E-state index in [0.717, 1.165) is 20.7 Å². The lowest BCUT2D eigenvalue weighted by atomic mass is 10.1. The smallest absolute Gasteiger partial charge is 0.234 e. The van der Waals surface area contributed by atoms with Crippen molar-refractivity contribution >= 4 is 39.8 Å². The van der Waals surface area contributed by atoms with Gasteiger partial charge in [-0.2, -0.15) is 0 Å². The molecule has 0 spiro atoms. The number of aromatic nitrogens is 2. The second-order valence-electron chi connectivity index (χ2n) is 4.28. The van der Waals surface area contributed by atoms with E-state index < -0.39 is 0 Å². The van der Waals surface area contributed by atoms with Crippen LogP contribution in [0.3, 0.4) is 0 Å². The van der Waals surface area contributed by atoms with Gasteiger partial charge in [-0.15, -0.1) is 10.2 Å². The lowest BCUT2D eigenvalue weighted by Gasteiger charge is -2.08. The summed E-state index contributed by atoms with van der Waals surface area (Å²) in [5.74, 6) is 0.286. The lowest BCUT2D eigenvalue weighted by molar-refractivity contribution is -0.113. The molecule has 0 fully saturated rings. The van der Waals surface area contributed by atoms with Gasteiger partial charge in [0.1, 0.15) is 0 Å². The molecule has 0 aliphatic rings. The number of aryl methyl sites for hydroxylation is 2. The van der Waals surface area contributed by atoms with Crippen LogP contribution in [0, 0.1) is 13.8 Å². The van der Waals surface area contributed by atoms with Gasteiger partial charge in [0.25, 0.3) is 0 Å². The third-order valence-electron chi connectivity index (χ3n) is 2.60. The van der Waals surface area contributed by atoms with Gasteiger partial charge in [0.15, 0.2) is 4.34 Å². The first-order valence-corrected chi connectivity index (χ1v) is 7.90. The predicted octanol–water partition coefficient (Wildman–Crippen LogP) is 2.93. The molecule has 1 aromatic carbocycles. The Balaban J connectivity index is 1.89. The summed E-state index contributed by atoms with van der Waals surface area (Å²) in [7, 11) is 1.79. The number of benzene rings is 1. The average molecular weight is 308 g/mol. The molecule has 7 heteroatoms. The highest BCUT2D eigenvalue weighted by Crippen LogP contribution is 2.25. The van der Waals surface area contributed by atoms with E-state index in [4.69, 9.17) is 0 Å². The van der Waals surface area contributed by atoms with E-state index in [1.54, 1.807) is 7.05 Å². The molecule has 2 rings (SSSR count). The average Bonchev–Trinajstić information content (AvgIpc) is 2.88. The van der Waals surface area contributed by atoms with E-state index in [1.807, 2.05) is 32.0 Å². The summed E-state index contributed by atoms with van der Waals surface area (Å²) in [6.45, 7) is 4.02. The lowest BCUT2D eigenvalue weighted by Crippen LogP contribution is -2.14. The molecule has 1 amide bonds. The van der Waals surface area contributed by atoms with Crippen LogP contribution in [0.15, 0.2) is 22.5 Å². The summed E-state index contributed by atoms with van der Waals surface area (Å²) >= 11 is 2.82. The van der Waals surface area contributed by atoms with Gasteiger partial charge in [-0.25, -0.2) is 0 Å². The summed E-state index contributed by atoms with van der Waals surface area (Å²) in [6, 6.07) is 5.96. The third-order valence-corrected chi connectivity index (χ3v) is 4.68. The highest BCUT2D eigenvalue weighted by molar-refractivity contribution is 8.01. The van der Waals surface area contributed by atoms with Gasteiger partial charge >= 0.3 is 0 Å². The third kappa shape index (κ3) is 3.94. The van der Waals surface area contributed by atoms with Crippen LogP contribution in [0.1, 0.15) is 11.1 Å². The Hall–Kier alpha value is -1.60. The van der Waals surface area contributed by atoms with E-state index >= 15 is 0 Å². The topological polar surface area (TPSA) is 66.9 Å². The minimum atomic E-state index is -0.0387. The molecule has 0 aliphatic heterocycles. The Morgan fingerprint density at radius 3 is 2.80 bits per heavy atom. The molecule has 0 radical (unpaired) electrons. The Morgan fingerprint density at radius 1 is 1.35 bits per heavy atom. The van der Waals surface area contributed by atoms with Crippen LogP contribution in [0.25, 0.3) is 0 Å². The van der Waals surface area contributed by atoms with Crippen LogP contribution in [0.4, 0.5) is 10.8 Å². The number of rotatable bonds is 5. The van der Waals surface area contributed by atoms with Gasteiger partial charge in [-0.05, 0) is 25.5 Å². The maximum atomic E-state index is 11.9. The molecular weight excluding hydrogens is 292 g/mol. The minimum Gasteiger partial charge on any atom is -0.363 e. The quantitative estimate of drug-likeness (QED) is 0.831. The van der Waals surface area contributed by atoms with Gasteiger partial charge in [0.2, 0.25) is 11.0 Å². The van der Waals surface area contributed by atoms with Crippen molar-refractivity contribution in [2.45, 2.75) is 18.2 Å². The van der Waals surface area contributed by atoms with Crippen molar-refractivity contribution in [3.05, 3.63) is 29.3 Å². The number of carbonyl (C=O) groups excluding carboxylic acids is 1. The van der Waals surface area contributed by atoms with Crippen molar-refractivity contribution in [1.29, 1.82) is 0 Å². The summed E-state index contributed by atoms with van der Waals surface area (Å²) < 4.78 is 0.783. The fourth-order valence-corrected chi connectivity index (χ4v) is 3.14. The summed E-state index contributed by atoms with van der Waals surface area (Å²) in [6.07, 6.45) is 0. The van der Waals surface area contributed by atoms with E-state index in [1.165, 1.54) is 28.7 Å². The van der Waals surface area contributed by atoms with E-state index in [9.17, 15) is 4.79 Å². The molecule has 0 atom stereocenters. The molecule has 2 N–H and O–H groups in total. The molecule has 1 aromatic heterocycles. The second kappa shape index (κ2) is 6.71. The molecule has 0 unspecified atom stereocenters. The number of amides is 1. The number of hydrogen-bond acceptors (Lipinski definition) is 6. The number of nitrogens with zero attached hydrogens (tertiary/aromatic N) is 2. The van der Waals surface area contributed by atoms with Crippen LogP contribution in [0.2, 0.25) is 0 Å². The van der Waals surface area contributed by atoms with Crippen molar-refractivity contribution in [3.8, 4) is 0 Å². The van der Waals surface area contributed by atoms with Gasteiger partial charge in [0, 0.05) is 12.7 Å². The van der Waals surface area contributed by atoms with Crippen LogP contribution < -0.4 is 10.6 Å². The van der Waals surface area contributed by atoms with E-state index in [-0.39, 0.29) is 5.91 Å². The predicted molar refractivity (Wildman–Crippen MR) is 84.7 cm³/mol. The maximum absolute atomic E-state index is 11.9. The Kier molecular flexibility index (Phi) is 4.97. The second-order valence-corrected chi connectivity index (χ2v) is 6.48. The number of hydrogen-bond donors (Lipinski definition) is 2. The Bertz CT molecular complexity index is 612. The maximum Gasteiger partial charge on any atom is 0.234 e. The molecule has 0 saturated heterocycles. The van der Waals surface area contributed by atoms with Gasteiger partial charge in [-0.1, -0.05) is 40.8 Å². The highest BCUT2D eigenvalue weighted by Gasteiger charge is 2.08. The molecular formula is C13H16N4OS2. The standard InChI is InChI=1S/C13H16N4OS2/c1-8-4-5-10(9(2)6-8)15-11(18)7-19-13-17-16-12(14-3)20-13/h4-6H,7H2,1-3H3,(H,14,16)(H,15,18). The van der Waals surface area contributed by atoms with Crippen molar-refractivity contribution < 1.29 is 4.79 Å². The summed E-state index contributed by atoms with van der Waals surface area (Å²) in [4.78, 5) is 11.9. The largest absolute Gasteiger partial charge is 0.363 e. The first-order chi connectivity index (χ1) is 9.58. The van der Waals surface area contributed by atoms with E-state index in [0.29, 0.717) is 5.75 Å². The van der Waals surface area contributed by atoms with Crippen LogP contribution in [-0.2, 0) is 4.79 Å². The molecule has 0 aliphatic carbocycles. The van der Waals surface area contributed by atoms with Crippen molar-refractivity contribution in [2.75, 3.05) is 23.4 Å². The van der Waals surface area contributed by atoms with Crippen LogP contribution in [-0.4, -0.2) is 28.9 Å². The number of anilines is 2.